The molecule has 1 atom stereocenters. The number of nitrogens with one attached hydrogen (secondary N) is 1. The second kappa shape index (κ2) is 9.45. The zero-order valence-electron chi connectivity index (χ0n) is 16.6. The lowest BCUT2D eigenvalue weighted by molar-refractivity contribution is -0.137. The van der Waals surface area contributed by atoms with Crippen molar-refractivity contribution in [3.05, 3.63) is 76.4 Å². The lowest BCUT2D eigenvalue weighted by Crippen LogP contribution is -2.31. The van der Waals surface area contributed by atoms with Crippen LogP contribution in [0.15, 0.2) is 54.6 Å². The van der Waals surface area contributed by atoms with E-state index < -0.39 is 17.9 Å². The van der Waals surface area contributed by atoms with Crippen LogP contribution in [0.5, 0.6) is 5.88 Å². The SMILES string of the molecule is CCOc1cc(C(=O)N[C@@H](CC(=O)O)c2ccccc2C)nn1-c1ccccc1Cl. The van der Waals surface area contributed by atoms with Crippen molar-refractivity contribution in [1.29, 1.82) is 0 Å². The summed E-state index contributed by atoms with van der Waals surface area (Å²) in [6.45, 7) is 4.07. The lowest BCUT2D eigenvalue weighted by atomic mass is 9.98. The number of rotatable bonds is 8. The van der Waals surface area contributed by atoms with Gasteiger partial charge in [0, 0.05) is 6.07 Å². The first kappa shape index (κ1) is 21.4. The summed E-state index contributed by atoms with van der Waals surface area (Å²) in [6.07, 6.45) is -0.250. The smallest absolute Gasteiger partial charge is 0.305 e. The third-order valence-corrected chi connectivity index (χ3v) is 4.85. The molecule has 2 aromatic carbocycles. The molecule has 3 aromatic rings. The Morgan fingerprint density at radius 3 is 2.57 bits per heavy atom. The average Bonchev–Trinajstić information content (AvgIpc) is 3.12. The number of amides is 1. The van der Waals surface area contributed by atoms with E-state index in [4.69, 9.17) is 16.3 Å². The highest BCUT2D eigenvalue weighted by atomic mass is 35.5. The van der Waals surface area contributed by atoms with Crippen molar-refractivity contribution < 1.29 is 19.4 Å². The highest BCUT2D eigenvalue weighted by Gasteiger charge is 2.23. The molecule has 0 spiro atoms. The number of halogens is 1. The molecular weight excluding hydrogens is 406 g/mol. The molecule has 0 bridgehead atoms. The maximum Gasteiger partial charge on any atom is 0.305 e. The molecule has 2 N–H and O–H groups in total. The van der Waals surface area contributed by atoms with Crippen molar-refractivity contribution >= 4 is 23.5 Å². The van der Waals surface area contributed by atoms with Gasteiger partial charge in [0.05, 0.1) is 29.8 Å². The summed E-state index contributed by atoms with van der Waals surface area (Å²) in [4.78, 5) is 24.3. The Hall–Kier alpha value is -3.32. The Bertz CT molecular complexity index is 1060. The molecule has 0 radical (unpaired) electrons. The largest absolute Gasteiger partial charge is 0.481 e. The average molecular weight is 428 g/mol. The molecule has 1 heterocycles. The van der Waals surface area contributed by atoms with Crippen molar-refractivity contribution in [3.8, 4) is 11.6 Å². The zero-order valence-corrected chi connectivity index (χ0v) is 17.4. The number of aromatic nitrogens is 2. The minimum absolute atomic E-state index is 0.0994. The van der Waals surface area contributed by atoms with Crippen LogP contribution in [0.3, 0.4) is 0 Å². The van der Waals surface area contributed by atoms with Crippen molar-refractivity contribution in [3.63, 3.8) is 0 Å². The predicted octanol–water partition coefficient (Wildman–Crippen LogP) is 4.18. The molecule has 30 heavy (non-hydrogen) atoms. The van der Waals surface area contributed by atoms with E-state index in [9.17, 15) is 14.7 Å². The molecule has 3 rings (SSSR count). The fourth-order valence-corrected chi connectivity index (χ4v) is 3.36. The van der Waals surface area contributed by atoms with Crippen LogP contribution in [-0.2, 0) is 4.79 Å². The Kier molecular flexibility index (Phi) is 6.74. The number of carboxylic acid groups (broad SMARTS) is 1. The van der Waals surface area contributed by atoms with E-state index in [0.29, 0.717) is 23.2 Å². The van der Waals surface area contributed by atoms with Crippen molar-refractivity contribution in [1.82, 2.24) is 15.1 Å². The number of para-hydroxylation sites is 1. The van der Waals surface area contributed by atoms with Crippen LogP contribution >= 0.6 is 11.6 Å². The van der Waals surface area contributed by atoms with E-state index >= 15 is 0 Å². The van der Waals surface area contributed by atoms with Crippen LogP contribution in [-0.4, -0.2) is 33.4 Å². The van der Waals surface area contributed by atoms with E-state index in [2.05, 4.69) is 10.4 Å². The maximum atomic E-state index is 12.9. The van der Waals surface area contributed by atoms with Gasteiger partial charge in [-0.25, -0.2) is 0 Å². The topological polar surface area (TPSA) is 93.4 Å². The summed E-state index contributed by atoms with van der Waals surface area (Å²) < 4.78 is 7.08. The number of benzene rings is 2. The monoisotopic (exact) mass is 427 g/mol. The summed E-state index contributed by atoms with van der Waals surface area (Å²) in [6, 6.07) is 15.2. The molecule has 0 aliphatic rings. The molecule has 0 fully saturated rings. The van der Waals surface area contributed by atoms with Gasteiger partial charge < -0.3 is 15.2 Å². The molecule has 7 nitrogen and oxygen atoms in total. The number of aryl methyl sites for hydroxylation is 1. The summed E-state index contributed by atoms with van der Waals surface area (Å²) in [5.41, 5.74) is 2.30. The molecule has 156 valence electrons. The molecule has 0 aliphatic heterocycles. The van der Waals surface area contributed by atoms with Crippen LogP contribution in [0, 0.1) is 6.92 Å². The standard InChI is InChI=1S/C22H22ClN3O4/c1-3-30-20-12-18(25-26(20)19-11-7-6-10-16(19)23)22(29)24-17(13-21(27)28)15-9-5-4-8-14(15)2/h4-12,17H,3,13H2,1-2H3,(H,24,29)(H,27,28)/t17-/m0/s1. The normalized spacial score (nSPS) is 11.7. The van der Waals surface area contributed by atoms with Crippen LogP contribution in [0.4, 0.5) is 0 Å². The first-order chi connectivity index (χ1) is 14.4. The molecule has 0 unspecified atom stereocenters. The van der Waals surface area contributed by atoms with E-state index in [0.717, 1.165) is 11.1 Å². The van der Waals surface area contributed by atoms with Gasteiger partial charge in [0.2, 0.25) is 5.88 Å². The number of ether oxygens (including phenoxy) is 1. The third kappa shape index (κ3) is 4.80. The van der Waals surface area contributed by atoms with Crippen LogP contribution in [0.25, 0.3) is 5.69 Å². The molecular formula is C22H22ClN3O4. The summed E-state index contributed by atoms with van der Waals surface area (Å²) in [7, 11) is 0. The zero-order chi connectivity index (χ0) is 21.7. The van der Waals surface area contributed by atoms with E-state index in [1.807, 2.05) is 32.0 Å². The highest BCUT2D eigenvalue weighted by Crippen LogP contribution is 2.26. The molecule has 1 aromatic heterocycles. The molecule has 1 amide bonds. The second-order valence-electron chi connectivity index (χ2n) is 6.64. The fraction of sp³-hybridized carbons (Fsp3) is 0.227. The number of hydrogen-bond donors (Lipinski definition) is 2. The van der Waals surface area contributed by atoms with Gasteiger partial charge >= 0.3 is 5.97 Å². The van der Waals surface area contributed by atoms with Crippen molar-refractivity contribution in [2.24, 2.45) is 0 Å². The lowest BCUT2D eigenvalue weighted by Gasteiger charge is -2.18. The predicted molar refractivity (Wildman–Crippen MR) is 113 cm³/mol. The third-order valence-electron chi connectivity index (χ3n) is 4.53. The number of carbonyl (C=O) groups excluding carboxylic acids is 1. The number of hydrogen-bond acceptors (Lipinski definition) is 4. The van der Waals surface area contributed by atoms with E-state index in [1.165, 1.54) is 10.7 Å². The number of nitrogens with zero attached hydrogens (tertiary/aromatic N) is 2. The van der Waals surface area contributed by atoms with Crippen molar-refractivity contribution in [2.75, 3.05) is 6.61 Å². The first-order valence-corrected chi connectivity index (χ1v) is 9.84. The summed E-state index contributed by atoms with van der Waals surface area (Å²) in [5.74, 6) is -1.15. The van der Waals surface area contributed by atoms with E-state index in [1.54, 1.807) is 30.3 Å². The van der Waals surface area contributed by atoms with Gasteiger partial charge in [-0.3, -0.25) is 9.59 Å². The van der Waals surface area contributed by atoms with Crippen LogP contribution < -0.4 is 10.1 Å². The number of carboxylic acids is 1. The minimum atomic E-state index is -1.01. The van der Waals surface area contributed by atoms with Gasteiger partial charge in [0.15, 0.2) is 5.69 Å². The first-order valence-electron chi connectivity index (χ1n) is 9.46. The molecule has 0 aliphatic carbocycles. The molecule has 0 saturated heterocycles. The Morgan fingerprint density at radius 1 is 1.20 bits per heavy atom. The number of carbonyl (C=O) groups is 2. The number of aliphatic carboxylic acids is 1. The van der Waals surface area contributed by atoms with E-state index in [-0.39, 0.29) is 12.1 Å². The van der Waals surface area contributed by atoms with Gasteiger partial charge in [-0.15, -0.1) is 0 Å². The quantitative estimate of drug-likeness (QED) is 0.562. The highest BCUT2D eigenvalue weighted by molar-refractivity contribution is 6.32. The maximum absolute atomic E-state index is 12.9. The summed E-state index contributed by atoms with van der Waals surface area (Å²) >= 11 is 6.28. The Morgan fingerprint density at radius 2 is 1.90 bits per heavy atom. The second-order valence-corrected chi connectivity index (χ2v) is 7.05. The van der Waals surface area contributed by atoms with Gasteiger partial charge in [0.1, 0.15) is 0 Å². The van der Waals surface area contributed by atoms with Gasteiger partial charge in [-0.2, -0.15) is 9.78 Å². The molecule has 0 saturated carbocycles. The van der Waals surface area contributed by atoms with Crippen LogP contribution in [0.1, 0.15) is 41.0 Å². The molecule has 8 heteroatoms. The van der Waals surface area contributed by atoms with Gasteiger partial charge in [0.25, 0.3) is 5.91 Å². The Balaban J connectivity index is 1.93. The van der Waals surface area contributed by atoms with Crippen LogP contribution in [0.2, 0.25) is 5.02 Å². The van der Waals surface area contributed by atoms with Crippen molar-refractivity contribution in [2.45, 2.75) is 26.3 Å². The van der Waals surface area contributed by atoms with Gasteiger partial charge in [-0.05, 0) is 37.1 Å². The Labute approximate surface area is 179 Å². The minimum Gasteiger partial charge on any atom is -0.481 e. The van der Waals surface area contributed by atoms with Gasteiger partial charge in [-0.1, -0.05) is 48.0 Å². The summed E-state index contributed by atoms with van der Waals surface area (Å²) in [5, 5.41) is 16.9. The fourth-order valence-electron chi connectivity index (χ4n) is 3.15.